The highest BCUT2D eigenvalue weighted by Gasteiger charge is 2.14. The lowest BCUT2D eigenvalue weighted by atomic mass is 10.1. The predicted molar refractivity (Wildman–Crippen MR) is 117 cm³/mol. The van der Waals surface area contributed by atoms with E-state index in [9.17, 15) is 9.59 Å². The highest BCUT2D eigenvalue weighted by molar-refractivity contribution is 7.99. The van der Waals surface area contributed by atoms with Crippen molar-refractivity contribution in [1.82, 2.24) is 9.97 Å². The number of thioether (sulfide) groups is 1. The maximum atomic E-state index is 12.7. The Bertz CT molecular complexity index is 1210. The zero-order valence-electron chi connectivity index (χ0n) is 14.9. The number of nitrogens with zero attached hydrogens (tertiary/aromatic N) is 1. The summed E-state index contributed by atoms with van der Waals surface area (Å²) in [7, 11) is 0. The van der Waals surface area contributed by atoms with Gasteiger partial charge in [0, 0.05) is 21.5 Å². The number of aromatic nitrogens is 2. The summed E-state index contributed by atoms with van der Waals surface area (Å²) in [5, 5.41) is 3.56. The number of hydrogen-bond acceptors (Lipinski definition) is 5. The van der Waals surface area contributed by atoms with Crippen LogP contribution in [0.3, 0.4) is 0 Å². The SMILES string of the molecule is Cc1ccc(-c2csc3nc(SCC(=O)c4ccc(Cl)cc4)[nH]c(=O)c23)cc1. The van der Waals surface area contributed by atoms with Gasteiger partial charge in [0.05, 0.1) is 11.1 Å². The monoisotopic (exact) mass is 426 g/mol. The Kier molecular flexibility index (Phi) is 5.35. The molecule has 0 saturated heterocycles. The fourth-order valence-corrected chi connectivity index (χ4v) is 4.68. The Hall–Kier alpha value is -2.41. The summed E-state index contributed by atoms with van der Waals surface area (Å²) >= 11 is 8.50. The number of carbonyl (C=O) groups excluding carboxylic acids is 1. The summed E-state index contributed by atoms with van der Waals surface area (Å²) < 4.78 is 0. The first kappa shape index (κ1) is 18.9. The van der Waals surface area contributed by atoms with Crippen LogP contribution >= 0.6 is 34.7 Å². The molecule has 4 nitrogen and oxygen atoms in total. The van der Waals surface area contributed by atoms with Crippen LogP contribution < -0.4 is 5.56 Å². The highest BCUT2D eigenvalue weighted by atomic mass is 35.5. The number of hydrogen-bond donors (Lipinski definition) is 1. The Labute approximate surface area is 174 Å². The molecule has 0 atom stereocenters. The summed E-state index contributed by atoms with van der Waals surface area (Å²) in [6, 6.07) is 14.8. The van der Waals surface area contributed by atoms with Crippen LogP contribution in [0.5, 0.6) is 0 Å². The molecule has 4 aromatic rings. The molecule has 0 amide bonds. The van der Waals surface area contributed by atoms with Crippen molar-refractivity contribution in [1.29, 1.82) is 0 Å². The minimum absolute atomic E-state index is 0.0454. The van der Waals surface area contributed by atoms with E-state index in [0.29, 0.717) is 26.0 Å². The van der Waals surface area contributed by atoms with E-state index in [-0.39, 0.29) is 17.1 Å². The summed E-state index contributed by atoms with van der Waals surface area (Å²) in [4.78, 5) is 33.0. The minimum atomic E-state index is -0.191. The molecule has 28 heavy (non-hydrogen) atoms. The number of ketones is 1. The maximum absolute atomic E-state index is 12.7. The molecule has 0 radical (unpaired) electrons. The van der Waals surface area contributed by atoms with Gasteiger partial charge in [-0.2, -0.15) is 0 Å². The van der Waals surface area contributed by atoms with Gasteiger partial charge in [0.25, 0.3) is 5.56 Å². The van der Waals surface area contributed by atoms with Crippen molar-refractivity contribution >= 4 is 50.7 Å². The lowest BCUT2D eigenvalue weighted by molar-refractivity contribution is 0.102. The van der Waals surface area contributed by atoms with Crippen molar-refractivity contribution < 1.29 is 4.79 Å². The van der Waals surface area contributed by atoms with E-state index in [1.807, 2.05) is 36.6 Å². The van der Waals surface area contributed by atoms with Gasteiger partial charge >= 0.3 is 0 Å². The van der Waals surface area contributed by atoms with Gasteiger partial charge in [-0.15, -0.1) is 11.3 Å². The summed E-state index contributed by atoms with van der Waals surface area (Å²) in [6.07, 6.45) is 0. The number of carbonyl (C=O) groups is 1. The van der Waals surface area contributed by atoms with Gasteiger partial charge in [0.2, 0.25) is 0 Å². The van der Waals surface area contributed by atoms with Crippen LogP contribution in [0.25, 0.3) is 21.3 Å². The molecule has 4 rings (SSSR count). The Morgan fingerprint density at radius 1 is 1.14 bits per heavy atom. The number of H-pyrrole nitrogens is 1. The number of aryl methyl sites for hydroxylation is 1. The first-order valence-corrected chi connectivity index (χ1v) is 10.8. The molecule has 2 aromatic heterocycles. The molecular formula is C21H15ClN2O2S2. The van der Waals surface area contributed by atoms with Gasteiger partial charge in [-0.3, -0.25) is 9.59 Å². The fourth-order valence-electron chi connectivity index (χ4n) is 2.80. The standard InChI is InChI=1S/C21H15ClN2O2S2/c1-12-2-4-13(5-3-12)16-10-27-20-18(16)19(26)23-21(24-20)28-11-17(25)14-6-8-15(22)9-7-14/h2-10H,11H2,1H3,(H,23,24,26). The third kappa shape index (κ3) is 3.90. The van der Waals surface area contributed by atoms with Crippen LogP contribution in [-0.4, -0.2) is 21.5 Å². The van der Waals surface area contributed by atoms with Crippen molar-refractivity contribution in [2.75, 3.05) is 5.75 Å². The quantitative estimate of drug-likeness (QED) is 0.257. The average molecular weight is 427 g/mol. The lowest BCUT2D eigenvalue weighted by Gasteiger charge is -2.03. The maximum Gasteiger partial charge on any atom is 0.260 e. The van der Waals surface area contributed by atoms with Crippen molar-refractivity contribution in [3.05, 3.63) is 80.4 Å². The molecular weight excluding hydrogens is 412 g/mol. The number of Topliss-reactive ketones (excluding diaryl/α,β-unsaturated/α-hetero) is 1. The van der Waals surface area contributed by atoms with Gasteiger partial charge in [-0.05, 0) is 36.8 Å². The number of rotatable bonds is 5. The molecule has 0 spiro atoms. The molecule has 0 bridgehead atoms. The molecule has 0 aliphatic heterocycles. The topological polar surface area (TPSA) is 62.8 Å². The Balaban J connectivity index is 1.58. The molecule has 0 unspecified atom stereocenters. The zero-order chi connectivity index (χ0) is 19.7. The summed E-state index contributed by atoms with van der Waals surface area (Å²) in [5.41, 5.74) is 3.42. The minimum Gasteiger partial charge on any atom is -0.301 e. The molecule has 0 fully saturated rings. The number of nitrogens with one attached hydrogen (secondary N) is 1. The molecule has 7 heteroatoms. The van der Waals surface area contributed by atoms with Crippen LogP contribution in [0, 0.1) is 6.92 Å². The van der Waals surface area contributed by atoms with E-state index >= 15 is 0 Å². The van der Waals surface area contributed by atoms with E-state index in [4.69, 9.17) is 11.6 Å². The van der Waals surface area contributed by atoms with E-state index in [1.165, 1.54) is 28.7 Å². The average Bonchev–Trinajstić information content (AvgIpc) is 3.12. The Morgan fingerprint density at radius 2 is 1.86 bits per heavy atom. The zero-order valence-corrected chi connectivity index (χ0v) is 17.3. The van der Waals surface area contributed by atoms with Gasteiger partial charge in [0.1, 0.15) is 4.83 Å². The molecule has 1 N–H and O–H groups in total. The first-order valence-electron chi connectivity index (χ1n) is 8.51. The lowest BCUT2D eigenvalue weighted by Crippen LogP contribution is -2.10. The number of aromatic amines is 1. The van der Waals surface area contributed by atoms with Gasteiger partial charge in [-0.25, -0.2) is 4.98 Å². The van der Waals surface area contributed by atoms with Crippen molar-refractivity contribution in [2.45, 2.75) is 12.1 Å². The van der Waals surface area contributed by atoms with E-state index in [2.05, 4.69) is 9.97 Å². The molecule has 2 aromatic carbocycles. The third-order valence-electron chi connectivity index (χ3n) is 4.29. The molecule has 0 saturated carbocycles. The van der Waals surface area contributed by atoms with E-state index < -0.39 is 0 Å². The summed E-state index contributed by atoms with van der Waals surface area (Å²) in [6.45, 7) is 2.03. The number of benzene rings is 2. The smallest absolute Gasteiger partial charge is 0.260 e. The highest BCUT2D eigenvalue weighted by Crippen LogP contribution is 2.31. The second-order valence-corrected chi connectivity index (χ2v) is 8.54. The van der Waals surface area contributed by atoms with Crippen LogP contribution in [-0.2, 0) is 0 Å². The van der Waals surface area contributed by atoms with Gasteiger partial charge in [0.15, 0.2) is 10.9 Å². The number of fused-ring (bicyclic) bond motifs is 1. The Morgan fingerprint density at radius 3 is 2.57 bits per heavy atom. The van der Waals surface area contributed by atoms with Crippen LogP contribution in [0.4, 0.5) is 0 Å². The predicted octanol–water partition coefficient (Wildman–Crippen LogP) is 5.59. The van der Waals surface area contributed by atoms with Crippen LogP contribution in [0.1, 0.15) is 15.9 Å². The second-order valence-electron chi connectivity index (χ2n) is 6.29. The second kappa shape index (κ2) is 7.91. The fraction of sp³-hybridized carbons (Fsp3) is 0.0952. The molecule has 2 heterocycles. The van der Waals surface area contributed by atoms with Gasteiger partial charge < -0.3 is 4.98 Å². The van der Waals surface area contributed by atoms with Crippen LogP contribution in [0.2, 0.25) is 5.02 Å². The van der Waals surface area contributed by atoms with Crippen molar-refractivity contribution in [3.8, 4) is 11.1 Å². The first-order chi connectivity index (χ1) is 13.5. The third-order valence-corrected chi connectivity index (χ3v) is 6.29. The van der Waals surface area contributed by atoms with Crippen molar-refractivity contribution in [3.63, 3.8) is 0 Å². The number of halogens is 1. The van der Waals surface area contributed by atoms with E-state index in [1.54, 1.807) is 24.3 Å². The normalized spacial score (nSPS) is 11.1. The number of thiophene rings is 1. The van der Waals surface area contributed by atoms with Crippen molar-refractivity contribution in [2.24, 2.45) is 0 Å². The molecule has 0 aliphatic rings. The molecule has 140 valence electrons. The molecule has 0 aliphatic carbocycles. The van der Waals surface area contributed by atoms with E-state index in [0.717, 1.165) is 11.1 Å². The summed E-state index contributed by atoms with van der Waals surface area (Å²) in [5.74, 6) is 0.141. The van der Waals surface area contributed by atoms with Gasteiger partial charge in [-0.1, -0.05) is 53.2 Å². The van der Waals surface area contributed by atoms with Crippen LogP contribution in [0.15, 0.2) is 63.9 Å². The largest absolute Gasteiger partial charge is 0.301 e.